The Kier molecular flexibility index (Phi) is 1.71. The van der Waals surface area contributed by atoms with Gasteiger partial charge in [-0.25, -0.2) is 0 Å². The van der Waals surface area contributed by atoms with E-state index in [9.17, 15) is 4.79 Å². The first-order chi connectivity index (χ1) is 6.66. The number of aryl methyl sites for hydroxylation is 1. The molecule has 0 bridgehead atoms. The van der Waals surface area contributed by atoms with E-state index in [-0.39, 0.29) is 5.92 Å². The number of hydrogen-bond acceptors (Lipinski definition) is 3. The highest BCUT2D eigenvalue weighted by Gasteiger charge is 2.43. The third-order valence-electron chi connectivity index (χ3n) is 2.76. The average molecular weight is 222 g/mol. The van der Waals surface area contributed by atoms with Crippen molar-refractivity contribution in [3.8, 4) is 0 Å². The lowest BCUT2D eigenvalue weighted by Crippen LogP contribution is -2.05. The van der Waals surface area contributed by atoms with Gasteiger partial charge in [-0.05, 0) is 24.8 Å². The van der Waals surface area contributed by atoms with Gasteiger partial charge in [-0.2, -0.15) is 0 Å². The number of allylic oxidation sites excluding steroid dienone is 2. The lowest BCUT2D eigenvalue weighted by molar-refractivity contribution is 0.0960. The van der Waals surface area contributed by atoms with Crippen LogP contribution in [0.3, 0.4) is 0 Å². The van der Waals surface area contributed by atoms with Gasteiger partial charge in [-0.1, -0.05) is 6.08 Å². The molecule has 0 N–H and O–H groups in total. The minimum absolute atomic E-state index is 0.141. The maximum absolute atomic E-state index is 12.0. The van der Waals surface area contributed by atoms with Crippen molar-refractivity contribution in [2.24, 2.45) is 5.92 Å². The summed E-state index contributed by atoms with van der Waals surface area (Å²) in [5.41, 5.74) is 0.985. The van der Waals surface area contributed by atoms with Gasteiger partial charge in [0.05, 0.1) is 11.2 Å². The van der Waals surface area contributed by atoms with Crippen LogP contribution in [0.1, 0.15) is 32.3 Å². The molecule has 0 aromatic carbocycles. The van der Waals surface area contributed by atoms with Crippen LogP contribution in [0, 0.1) is 12.8 Å². The number of ketones is 1. The first-order valence-electron chi connectivity index (χ1n) is 4.66. The molecule has 0 saturated heterocycles. The number of rotatable bonds is 0. The Bertz CT molecular complexity index is 456. The van der Waals surface area contributed by atoms with Crippen LogP contribution < -0.4 is 0 Å². The molecule has 1 aromatic heterocycles. The van der Waals surface area contributed by atoms with E-state index >= 15 is 0 Å². The van der Waals surface area contributed by atoms with Crippen LogP contribution in [0.5, 0.6) is 0 Å². The molecular formula is C11H10OS2. The second-order valence-corrected chi connectivity index (χ2v) is 6.52. The first-order valence-corrected chi connectivity index (χ1v) is 6.36. The van der Waals surface area contributed by atoms with Gasteiger partial charge in [-0.3, -0.25) is 4.79 Å². The molecule has 72 valence electrons. The highest BCUT2D eigenvalue weighted by molar-refractivity contribution is 8.03. The van der Waals surface area contributed by atoms with Crippen molar-refractivity contribution in [1.29, 1.82) is 0 Å². The first kappa shape index (κ1) is 8.74. The van der Waals surface area contributed by atoms with Crippen LogP contribution in [0.15, 0.2) is 17.0 Å². The Morgan fingerprint density at radius 1 is 1.36 bits per heavy atom. The molecular weight excluding hydrogens is 212 g/mol. The number of fused-ring (bicyclic) bond motifs is 3. The van der Waals surface area contributed by atoms with Crippen LogP contribution >= 0.6 is 23.1 Å². The second-order valence-electron chi connectivity index (χ2n) is 3.84. The summed E-state index contributed by atoms with van der Waals surface area (Å²) in [6.45, 7) is 4.17. The fourth-order valence-electron chi connectivity index (χ4n) is 2.20. The number of Topliss-reactive ketones (excluding diaryl/α,β-unsaturated/α-hetero) is 1. The van der Waals surface area contributed by atoms with Gasteiger partial charge in [0, 0.05) is 15.3 Å². The van der Waals surface area contributed by atoms with Gasteiger partial charge < -0.3 is 0 Å². The summed E-state index contributed by atoms with van der Waals surface area (Å²) in [6, 6.07) is 2.05. The zero-order valence-electron chi connectivity index (χ0n) is 8.03. The molecule has 1 aromatic rings. The van der Waals surface area contributed by atoms with E-state index in [2.05, 4.69) is 19.9 Å². The molecule has 3 rings (SSSR count). The lowest BCUT2D eigenvalue weighted by atomic mass is 10.1. The summed E-state index contributed by atoms with van der Waals surface area (Å²) in [5.74, 6) is 0.473. The molecule has 1 nitrogen and oxygen atoms in total. The fourth-order valence-corrected chi connectivity index (χ4v) is 4.75. The predicted molar refractivity (Wildman–Crippen MR) is 61.0 cm³/mol. The van der Waals surface area contributed by atoms with Gasteiger partial charge in [-0.15, -0.1) is 23.1 Å². The Hall–Kier alpha value is -0.540. The Morgan fingerprint density at radius 3 is 2.93 bits per heavy atom. The second kappa shape index (κ2) is 2.74. The maximum atomic E-state index is 12.0. The molecule has 2 unspecified atom stereocenters. The molecule has 3 heteroatoms. The van der Waals surface area contributed by atoms with Crippen molar-refractivity contribution >= 4 is 28.9 Å². The van der Waals surface area contributed by atoms with E-state index in [1.165, 1.54) is 14.7 Å². The Balaban J connectivity index is 2.14. The van der Waals surface area contributed by atoms with Crippen molar-refractivity contribution in [3.05, 3.63) is 32.4 Å². The van der Waals surface area contributed by atoms with Crippen LogP contribution in [-0.4, -0.2) is 5.78 Å². The summed E-state index contributed by atoms with van der Waals surface area (Å²) < 4.78 is 0. The smallest absolute Gasteiger partial charge is 0.172 e. The summed E-state index contributed by atoms with van der Waals surface area (Å²) in [7, 11) is 0. The standard InChI is InChI=1S/C11H10OS2/c1-5-3-7-9(12)8-4-6(2)14-11(8)10(7)13-5/h3-4,7,10H,1-2H3. The Labute approximate surface area is 91.2 Å². The molecule has 0 radical (unpaired) electrons. The van der Waals surface area contributed by atoms with E-state index in [0.29, 0.717) is 11.0 Å². The molecule has 1 aliphatic heterocycles. The number of carbonyl (C=O) groups is 1. The largest absolute Gasteiger partial charge is 0.293 e. The summed E-state index contributed by atoms with van der Waals surface area (Å²) in [6.07, 6.45) is 2.12. The molecule has 0 spiro atoms. The third-order valence-corrected chi connectivity index (χ3v) is 5.34. The van der Waals surface area contributed by atoms with Crippen molar-refractivity contribution < 1.29 is 4.79 Å². The zero-order valence-corrected chi connectivity index (χ0v) is 9.67. The fraction of sp³-hybridized carbons (Fsp3) is 0.364. The minimum atomic E-state index is 0.141. The molecule has 0 fully saturated rings. The highest BCUT2D eigenvalue weighted by Crippen LogP contribution is 2.55. The van der Waals surface area contributed by atoms with Gasteiger partial charge in [0.1, 0.15) is 0 Å². The summed E-state index contributed by atoms with van der Waals surface area (Å²) >= 11 is 3.63. The molecule has 0 amide bonds. The van der Waals surface area contributed by atoms with Crippen molar-refractivity contribution in [3.63, 3.8) is 0 Å². The molecule has 2 heterocycles. The third kappa shape index (κ3) is 0.997. The van der Waals surface area contributed by atoms with E-state index < -0.39 is 0 Å². The van der Waals surface area contributed by atoms with E-state index in [4.69, 9.17) is 0 Å². The highest BCUT2D eigenvalue weighted by atomic mass is 32.2. The van der Waals surface area contributed by atoms with E-state index in [1.807, 2.05) is 17.8 Å². The van der Waals surface area contributed by atoms with Crippen molar-refractivity contribution in [2.45, 2.75) is 19.1 Å². The minimum Gasteiger partial charge on any atom is -0.293 e. The van der Waals surface area contributed by atoms with E-state index in [0.717, 1.165) is 5.56 Å². The number of carbonyl (C=O) groups excluding carboxylic acids is 1. The predicted octanol–water partition coefficient (Wildman–Crippen LogP) is 3.56. The summed E-state index contributed by atoms with van der Waals surface area (Å²) in [5, 5.41) is 0.399. The van der Waals surface area contributed by atoms with Gasteiger partial charge in [0.25, 0.3) is 0 Å². The van der Waals surface area contributed by atoms with Crippen molar-refractivity contribution in [2.75, 3.05) is 0 Å². The van der Waals surface area contributed by atoms with Gasteiger partial charge >= 0.3 is 0 Å². The molecule has 0 saturated carbocycles. The normalized spacial score (nSPS) is 29.0. The average Bonchev–Trinajstić information content (AvgIpc) is 2.71. The number of thiophene rings is 1. The molecule has 1 aliphatic carbocycles. The van der Waals surface area contributed by atoms with Crippen LogP contribution in [0.4, 0.5) is 0 Å². The van der Waals surface area contributed by atoms with Crippen molar-refractivity contribution in [1.82, 2.24) is 0 Å². The SMILES string of the molecule is CC1=CC2C(=O)c3cc(C)sc3C2S1. The van der Waals surface area contributed by atoms with Crippen LogP contribution in [0.2, 0.25) is 0 Å². The molecule has 2 aliphatic rings. The zero-order chi connectivity index (χ0) is 9.87. The Morgan fingerprint density at radius 2 is 2.14 bits per heavy atom. The number of hydrogen-bond donors (Lipinski definition) is 0. The monoisotopic (exact) mass is 222 g/mol. The van der Waals surface area contributed by atoms with Gasteiger partial charge in [0.2, 0.25) is 0 Å². The molecule has 2 atom stereocenters. The lowest BCUT2D eigenvalue weighted by Gasteiger charge is -2.05. The quantitative estimate of drug-likeness (QED) is 0.667. The molecule has 14 heavy (non-hydrogen) atoms. The summed E-state index contributed by atoms with van der Waals surface area (Å²) in [4.78, 5) is 15.8. The number of thioether (sulfide) groups is 1. The topological polar surface area (TPSA) is 17.1 Å². The van der Waals surface area contributed by atoms with Gasteiger partial charge in [0.15, 0.2) is 5.78 Å². The maximum Gasteiger partial charge on any atom is 0.172 e. The van der Waals surface area contributed by atoms with Crippen LogP contribution in [0.25, 0.3) is 0 Å². The van der Waals surface area contributed by atoms with E-state index in [1.54, 1.807) is 11.3 Å². The van der Waals surface area contributed by atoms with Crippen LogP contribution in [-0.2, 0) is 0 Å².